The lowest BCUT2D eigenvalue weighted by Crippen LogP contribution is -2.46. The minimum Gasteiger partial charge on any atom is -0.472 e. The van der Waals surface area contributed by atoms with E-state index in [9.17, 15) is 9.18 Å². The summed E-state index contributed by atoms with van der Waals surface area (Å²) in [6.45, 7) is 5.36. The van der Waals surface area contributed by atoms with Gasteiger partial charge in [-0.3, -0.25) is 4.90 Å². The van der Waals surface area contributed by atoms with Crippen LogP contribution in [0.15, 0.2) is 42.5 Å². The zero-order valence-electron chi connectivity index (χ0n) is 22.6. The van der Waals surface area contributed by atoms with Crippen molar-refractivity contribution >= 4 is 34.2 Å². The first-order chi connectivity index (χ1) is 20.0. The highest BCUT2D eigenvalue weighted by molar-refractivity contribution is 7.12. The van der Waals surface area contributed by atoms with E-state index in [-0.39, 0.29) is 18.7 Å². The van der Waals surface area contributed by atoms with Crippen LogP contribution in [0.2, 0.25) is 0 Å². The van der Waals surface area contributed by atoms with Gasteiger partial charge >= 0.3 is 5.97 Å². The van der Waals surface area contributed by atoms with Gasteiger partial charge in [-0.15, -0.1) is 11.3 Å². The van der Waals surface area contributed by atoms with Crippen molar-refractivity contribution in [3.05, 3.63) is 69.4 Å². The molecule has 0 saturated carbocycles. The highest BCUT2D eigenvalue weighted by atomic mass is 32.1. The van der Waals surface area contributed by atoms with Crippen LogP contribution < -0.4 is 9.64 Å². The number of imidazole rings is 1. The Bertz CT molecular complexity index is 1600. The van der Waals surface area contributed by atoms with Gasteiger partial charge in [0.05, 0.1) is 47.8 Å². The number of nitriles is 1. The van der Waals surface area contributed by atoms with Gasteiger partial charge < -0.3 is 23.7 Å². The lowest BCUT2D eigenvalue weighted by Gasteiger charge is -2.35. The molecule has 4 aromatic rings. The molecule has 0 N–H and O–H groups in total. The SMILES string of the molecule is COC(=O)c1ccc2nc(CN3CCN(c4cccc(OCc5sc(C#N)cc5F)n4)CC3)n(CC3CCO3)c2c1. The average Bonchev–Trinajstić information content (AvgIpc) is 3.52. The molecule has 0 amide bonds. The minimum absolute atomic E-state index is 0.0242. The Balaban J connectivity index is 1.11. The summed E-state index contributed by atoms with van der Waals surface area (Å²) < 4.78 is 32.6. The number of aromatic nitrogens is 3. The van der Waals surface area contributed by atoms with E-state index in [4.69, 9.17) is 24.5 Å². The highest BCUT2D eigenvalue weighted by Crippen LogP contribution is 2.26. The van der Waals surface area contributed by atoms with Gasteiger partial charge in [-0.05, 0) is 30.7 Å². The number of rotatable bonds is 9. The van der Waals surface area contributed by atoms with Crippen molar-refractivity contribution in [3.63, 3.8) is 0 Å². The number of carbonyl (C=O) groups excluding carboxylic acids is 1. The molecule has 2 fully saturated rings. The Morgan fingerprint density at radius 3 is 2.73 bits per heavy atom. The lowest BCUT2D eigenvalue weighted by atomic mass is 10.1. The first kappa shape index (κ1) is 27.1. The topological polar surface area (TPSA) is 106 Å². The number of pyridine rings is 1. The van der Waals surface area contributed by atoms with Crippen molar-refractivity contribution in [1.29, 1.82) is 5.26 Å². The summed E-state index contributed by atoms with van der Waals surface area (Å²) in [5.74, 6) is 1.36. The summed E-state index contributed by atoms with van der Waals surface area (Å²) in [4.78, 5) is 27.0. The minimum atomic E-state index is -0.434. The molecule has 3 aromatic heterocycles. The molecule has 1 unspecified atom stereocenters. The van der Waals surface area contributed by atoms with Crippen LogP contribution in [0.3, 0.4) is 0 Å². The van der Waals surface area contributed by atoms with E-state index in [1.54, 1.807) is 12.1 Å². The molecule has 10 nitrogen and oxygen atoms in total. The van der Waals surface area contributed by atoms with Gasteiger partial charge in [0.25, 0.3) is 0 Å². The van der Waals surface area contributed by atoms with E-state index in [1.165, 1.54) is 13.2 Å². The number of carbonyl (C=O) groups is 1. The highest BCUT2D eigenvalue weighted by Gasteiger charge is 2.25. The molecular weight excluding hydrogens is 547 g/mol. The second-order valence-corrected chi connectivity index (χ2v) is 11.1. The molecule has 12 heteroatoms. The fourth-order valence-electron chi connectivity index (χ4n) is 5.07. The van der Waals surface area contributed by atoms with Gasteiger partial charge in [0.15, 0.2) is 0 Å². The van der Waals surface area contributed by atoms with E-state index in [2.05, 4.69) is 19.4 Å². The molecule has 0 spiro atoms. The number of benzene rings is 1. The number of hydrogen-bond donors (Lipinski definition) is 0. The number of nitrogens with zero attached hydrogens (tertiary/aromatic N) is 6. The zero-order valence-corrected chi connectivity index (χ0v) is 23.4. The zero-order chi connectivity index (χ0) is 28.3. The second kappa shape index (κ2) is 11.8. The van der Waals surface area contributed by atoms with Crippen molar-refractivity contribution in [2.45, 2.75) is 32.2 Å². The number of piperazine rings is 1. The van der Waals surface area contributed by atoms with Crippen molar-refractivity contribution in [2.24, 2.45) is 0 Å². The van der Waals surface area contributed by atoms with Crippen molar-refractivity contribution in [3.8, 4) is 11.9 Å². The summed E-state index contributed by atoms with van der Waals surface area (Å²) >= 11 is 1.09. The lowest BCUT2D eigenvalue weighted by molar-refractivity contribution is -0.0592. The van der Waals surface area contributed by atoms with E-state index >= 15 is 0 Å². The van der Waals surface area contributed by atoms with Crippen LogP contribution in [-0.4, -0.2) is 71.4 Å². The van der Waals surface area contributed by atoms with E-state index in [0.717, 1.165) is 73.2 Å². The molecule has 6 rings (SSSR count). The molecule has 212 valence electrons. The summed E-state index contributed by atoms with van der Waals surface area (Å²) in [7, 11) is 1.38. The molecule has 1 atom stereocenters. The van der Waals surface area contributed by atoms with Crippen molar-refractivity contribution in [2.75, 3.05) is 44.8 Å². The van der Waals surface area contributed by atoms with Gasteiger partial charge in [0.2, 0.25) is 5.88 Å². The molecule has 41 heavy (non-hydrogen) atoms. The molecule has 2 saturated heterocycles. The Kier molecular flexibility index (Phi) is 7.82. The molecule has 1 aromatic carbocycles. The maximum Gasteiger partial charge on any atom is 0.337 e. The number of methoxy groups -OCH3 is 1. The predicted molar refractivity (Wildman–Crippen MR) is 150 cm³/mol. The third-order valence-electron chi connectivity index (χ3n) is 7.42. The Morgan fingerprint density at radius 2 is 2.02 bits per heavy atom. The first-order valence-electron chi connectivity index (χ1n) is 13.5. The molecule has 0 bridgehead atoms. The molecule has 2 aliphatic rings. The Labute approximate surface area is 240 Å². The van der Waals surface area contributed by atoms with Crippen LogP contribution in [0.4, 0.5) is 10.2 Å². The van der Waals surface area contributed by atoms with Gasteiger partial charge in [-0.2, -0.15) is 10.2 Å². The Hall–Kier alpha value is -4.05. The monoisotopic (exact) mass is 576 g/mol. The van der Waals surface area contributed by atoms with Gasteiger partial charge in [-0.1, -0.05) is 6.07 Å². The number of thiophene rings is 1. The number of anilines is 1. The quantitative estimate of drug-likeness (QED) is 0.274. The van der Waals surface area contributed by atoms with Gasteiger partial charge in [0.1, 0.15) is 35.0 Å². The molecule has 0 aliphatic carbocycles. The average molecular weight is 577 g/mol. The van der Waals surface area contributed by atoms with E-state index < -0.39 is 5.82 Å². The van der Waals surface area contributed by atoms with Crippen LogP contribution in [0.25, 0.3) is 11.0 Å². The number of halogens is 1. The van der Waals surface area contributed by atoms with Gasteiger partial charge in [-0.25, -0.2) is 14.2 Å². The summed E-state index contributed by atoms with van der Waals surface area (Å²) in [6.07, 6.45) is 1.16. The van der Waals surface area contributed by atoms with Crippen LogP contribution in [0.1, 0.15) is 32.4 Å². The summed E-state index contributed by atoms with van der Waals surface area (Å²) in [6, 6.07) is 14.2. The second-order valence-electron chi connectivity index (χ2n) is 9.99. The van der Waals surface area contributed by atoms with Crippen molar-refractivity contribution < 1.29 is 23.4 Å². The van der Waals surface area contributed by atoms with Crippen LogP contribution in [0.5, 0.6) is 5.88 Å². The largest absolute Gasteiger partial charge is 0.472 e. The summed E-state index contributed by atoms with van der Waals surface area (Å²) in [5, 5.41) is 8.98. The standard InChI is InChI=1S/C29H29FN6O4S/c1-38-29(37)19-5-6-23-24(13-19)36(16-20-7-12-39-20)27(32-23)17-34-8-10-35(11-9-34)26-3-2-4-28(33-26)40-18-25-22(30)14-21(15-31)41-25/h2-6,13-14,20H,7-12,16-18H2,1H3. The molecular formula is C29H29FN6O4S. The molecule has 0 radical (unpaired) electrons. The first-order valence-corrected chi connectivity index (χ1v) is 14.3. The van der Waals surface area contributed by atoms with Crippen LogP contribution in [-0.2, 0) is 29.2 Å². The van der Waals surface area contributed by atoms with E-state index in [1.807, 2.05) is 30.3 Å². The van der Waals surface area contributed by atoms with Crippen molar-refractivity contribution in [1.82, 2.24) is 19.4 Å². The Morgan fingerprint density at radius 1 is 1.20 bits per heavy atom. The predicted octanol–water partition coefficient (Wildman–Crippen LogP) is 3.98. The summed E-state index contributed by atoms with van der Waals surface area (Å²) in [5.41, 5.74) is 2.25. The smallest absolute Gasteiger partial charge is 0.337 e. The normalized spacial score (nSPS) is 17.3. The fourth-order valence-corrected chi connectivity index (χ4v) is 5.82. The maximum absolute atomic E-state index is 14.0. The third-order valence-corrected chi connectivity index (χ3v) is 8.41. The van der Waals surface area contributed by atoms with Crippen LogP contribution in [0, 0.1) is 17.1 Å². The fraction of sp³-hybridized carbons (Fsp3) is 0.379. The number of fused-ring (bicyclic) bond motifs is 1. The van der Waals surface area contributed by atoms with E-state index in [0.29, 0.717) is 34.3 Å². The van der Waals surface area contributed by atoms with Crippen LogP contribution >= 0.6 is 11.3 Å². The van der Waals surface area contributed by atoms with Gasteiger partial charge in [0, 0.05) is 44.9 Å². The number of hydrogen-bond acceptors (Lipinski definition) is 10. The molecule has 2 aliphatic heterocycles. The number of esters is 1. The third kappa shape index (κ3) is 5.88. The number of ether oxygens (including phenoxy) is 3. The maximum atomic E-state index is 14.0. The molecule has 5 heterocycles.